The fourth-order valence-corrected chi connectivity index (χ4v) is 5.02. The van der Waals surface area contributed by atoms with Crippen molar-refractivity contribution in [1.29, 1.82) is 0 Å². The van der Waals surface area contributed by atoms with Crippen LogP contribution in [0, 0.1) is 5.82 Å². The van der Waals surface area contributed by atoms with Crippen molar-refractivity contribution in [2.75, 3.05) is 0 Å². The maximum atomic E-state index is 14.2. The smallest absolute Gasteiger partial charge is 0.743 e. The van der Waals surface area contributed by atoms with Crippen LogP contribution in [0.25, 0.3) is 0 Å². The van der Waals surface area contributed by atoms with Gasteiger partial charge in [0.25, 0.3) is 9.84 Å². The van der Waals surface area contributed by atoms with Crippen LogP contribution in [0.2, 0.25) is 5.02 Å². The molecule has 5 nitrogen and oxygen atoms in total. The third kappa shape index (κ3) is 5.30. The van der Waals surface area contributed by atoms with Crippen molar-refractivity contribution in [3.63, 3.8) is 0 Å². The van der Waals surface area contributed by atoms with E-state index in [0.29, 0.717) is 0 Å². The predicted molar refractivity (Wildman–Crippen MR) is 97.8 cm³/mol. The second-order valence-corrected chi connectivity index (χ2v) is 11.9. The Morgan fingerprint density at radius 3 is 1.02 bits per heavy atom. The molecule has 0 unspecified atom stereocenters. The first-order valence-electron chi connectivity index (χ1n) is 9.60. The molecule has 0 atom stereocenters. The van der Waals surface area contributed by atoms with Crippen LogP contribution in [-0.2, 0) is 20.0 Å². The van der Waals surface area contributed by atoms with E-state index in [1.54, 1.807) is 0 Å². The molecule has 30 heteroatoms. The molecule has 46 heavy (non-hydrogen) atoms. The molecule has 0 aliphatic carbocycles. The molecule has 0 bridgehead atoms. The van der Waals surface area contributed by atoms with Gasteiger partial charge in [0.2, 0.25) is 0 Å². The molecule has 0 aromatic heterocycles. The molecule has 0 fully saturated rings. The molecule has 0 aliphatic rings. The number of benzene rings is 1. The molecule has 0 saturated heterocycles. The van der Waals surface area contributed by atoms with Crippen molar-refractivity contribution in [1.82, 2.24) is 0 Å². The van der Waals surface area contributed by atoms with Crippen LogP contribution in [0.5, 0.6) is 0 Å². The quantitative estimate of drug-likeness (QED) is 0.182. The number of alkyl halides is 20. The van der Waals surface area contributed by atoms with Gasteiger partial charge in [0.05, 0.1) is 5.02 Å². The van der Waals surface area contributed by atoms with E-state index < -0.39 is 93.6 Å². The minimum absolute atomic E-state index is 0. The van der Waals surface area contributed by atoms with E-state index in [2.05, 4.69) is 0 Å². The maximum absolute atomic E-state index is 14.2. The molecule has 0 saturated carbocycles. The van der Waals surface area contributed by atoms with Crippen LogP contribution < -0.4 is 18.9 Å². The normalized spacial score (nSPS) is 15.9. The Hall–Kier alpha value is -1.50. The predicted octanol–water partition coefficient (Wildman–Crippen LogP) is 4.07. The topological polar surface area (TPSA) is 91.3 Å². The molecular weight excluding hydrogens is 778 g/mol. The zero-order valence-corrected chi connectivity index (χ0v) is 22.8. The number of halogens is 22. The average Bonchev–Trinajstić information content (AvgIpc) is 2.81. The van der Waals surface area contributed by atoms with E-state index in [1.807, 2.05) is 0 Å². The molecule has 0 amide bonds. The Labute approximate surface area is 255 Å². The monoisotopic (exact) mass is 780 g/mol. The third-order valence-corrected chi connectivity index (χ3v) is 8.53. The Kier molecular flexibility index (Phi) is 11.2. The molecule has 264 valence electrons. The average molecular weight is 781 g/mol. The third-order valence-electron chi connectivity index (χ3n) is 5.33. The van der Waals surface area contributed by atoms with Crippen LogP contribution in [0.4, 0.5) is 92.2 Å². The molecule has 0 N–H and O–H groups in total. The van der Waals surface area contributed by atoms with Crippen molar-refractivity contribution < 1.29 is 132 Å². The van der Waals surface area contributed by atoms with Crippen molar-refractivity contribution in [2.24, 2.45) is 0 Å². The van der Waals surface area contributed by atoms with Gasteiger partial charge in [0.1, 0.15) is 10.7 Å². The van der Waals surface area contributed by atoms with Crippen LogP contribution in [0.1, 0.15) is 0 Å². The first-order chi connectivity index (χ1) is 19.2. The summed E-state index contributed by atoms with van der Waals surface area (Å²) >= 11 is 4.92. The van der Waals surface area contributed by atoms with Gasteiger partial charge >= 0.3 is 76.7 Å². The molecule has 1 aromatic rings. The molecule has 0 radical (unpaired) electrons. The molecule has 1 aromatic carbocycles. The van der Waals surface area contributed by atoms with Crippen LogP contribution in [0.3, 0.4) is 0 Å². The standard InChI is InChI=1S/C16H4ClF21O5S2.Li/c17-4-2-1-3-5(18)6(4)44(39,40)15(35,36)13(31,32)11(27,28)9(23,24)7(19,20)8(21,22)10(25,26)12(29,30)14(33,34)16(37,38)45(41,42)43;/h1-3H,(H,41,42,43);/q;+1/p-1. The number of rotatable bonds is 12. The first kappa shape index (κ1) is 44.5. The summed E-state index contributed by atoms with van der Waals surface area (Å²) in [4.78, 5) is -3.00. The summed E-state index contributed by atoms with van der Waals surface area (Å²) in [6.07, 6.45) is 0. The van der Waals surface area contributed by atoms with Gasteiger partial charge in [-0.2, -0.15) is 87.8 Å². The number of hydrogen-bond donors (Lipinski definition) is 0. The van der Waals surface area contributed by atoms with E-state index in [4.69, 9.17) is 11.6 Å². The van der Waals surface area contributed by atoms with Crippen LogP contribution >= 0.6 is 11.6 Å². The maximum Gasteiger partial charge on any atom is 1.00 e. The van der Waals surface area contributed by atoms with E-state index in [9.17, 15) is 114 Å². The van der Waals surface area contributed by atoms with Crippen molar-refractivity contribution in [3.8, 4) is 0 Å². The minimum Gasteiger partial charge on any atom is -0.743 e. The van der Waals surface area contributed by atoms with Gasteiger partial charge in [0, 0.05) is 0 Å². The Morgan fingerprint density at radius 1 is 0.500 bits per heavy atom. The largest absolute Gasteiger partial charge is 1.00 e. The van der Waals surface area contributed by atoms with E-state index >= 15 is 0 Å². The van der Waals surface area contributed by atoms with Gasteiger partial charge in [0.15, 0.2) is 10.1 Å². The van der Waals surface area contributed by atoms with Gasteiger partial charge in [-0.3, -0.25) is 0 Å². The minimum atomic E-state index is -9.57. The second-order valence-electron chi connectivity index (χ2n) is 8.14. The van der Waals surface area contributed by atoms with Gasteiger partial charge in [-0.1, -0.05) is 17.7 Å². The summed E-state index contributed by atoms with van der Waals surface area (Å²) < 4.78 is 343. The summed E-state index contributed by atoms with van der Waals surface area (Å²) in [5.74, 6) is -77.1. The summed E-state index contributed by atoms with van der Waals surface area (Å²) in [5.41, 5.74) is 0. The zero-order valence-electron chi connectivity index (χ0n) is 20.4. The molecule has 0 heterocycles. The SMILES string of the molecule is O=S(=O)([O-])C(F)(F)C(F)(F)C(F)(F)C(F)(F)C(F)(F)C(F)(F)C(F)(F)C(F)(F)C(F)(F)C(F)(F)S(=O)(=O)c1c(F)cccc1Cl.[Li+]. The zero-order chi connectivity index (χ0) is 36.9. The summed E-state index contributed by atoms with van der Waals surface area (Å²) in [6.45, 7) is 0. The number of sulfone groups is 1. The van der Waals surface area contributed by atoms with Crippen molar-refractivity contribution in [2.45, 2.75) is 62.8 Å². The van der Waals surface area contributed by atoms with E-state index in [-0.39, 0.29) is 37.1 Å². The van der Waals surface area contributed by atoms with E-state index in [1.165, 1.54) is 0 Å². The van der Waals surface area contributed by atoms with Crippen molar-refractivity contribution in [3.05, 3.63) is 29.0 Å². The first-order valence-corrected chi connectivity index (χ1v) is 12.9. The van der Waals surface area contributed by atoms with Gasteiger partial charge in [-0.25, -0.2) is 21.2 Å². The Morgan fingerprint density at radius 2 is 0.761 bits per heavy atom. The van der Waals surface area contributed by atoms with Gasteiger partial charge in [-0.15, -0.1) is 0 Å². The van der Waals surface area contributed by atoms with E-state index in [0.717, 1.165) is 0 Å². The molecule has 0 aliphatic heterocycles. The molecule has 1 rings (SSSR count). The second kappa shape index (κ2) is 11.5. The fraction of sp³-hybridized carbons (Fsp3) is 0.625. The van der Waals surface area contributed by atoms with Gasteiger partial charge in [-0.05, 0) is 12.1 Å². The number of hydrogen-bond acceptors (Lipinski definition) is 5. The van der Waals surface area contributed by atoms with Crippen molar-refractivity contribution >= 4 is 31.6 Å². The molecule has 0 spiro atoms. The van der Waals surface area contributed by atoms with Crippen LogP contribution in [-0.4, -0.2) is 79.3 Å². The molecular formula is C16H3ClF21LiO5S2. The fourth-order valence-electron chi connectivity index (χ4n) is 2.74. The summed E-state index contributed by atoms with van der Waals surface area (Å²) in [5, 5.41) is -18.4. The van der Waals surface area contributed by atoms with Crippen LogP contribution in [0.15, 0.2) is 23.1 Å². The Bertz CT molecular complexity index is 1520. The Balaban J connectivity index is 0.0000202. The van der Waals surface area contributed by atoms with Gasteiger partial charge < -0.3 is 4.55 Å². The summed E-state index contributed by atoms with van der Waals surface area (Å²) in [6, 6.07) is -0.0128. The summed E-state index contributed by atoms with van der Waals surface area (Å²) in [7, 11) is -16.5.